The molecule has 3 rings (SSSR count). The van der Waals surface area contributed by atoms with Gasteiger partial charge in [-0.25, -0.2) is 0 Å². The highest BCUT2D eigenvalue weighted by molar-refractivity contribution is 6.13. The number of rotatable bonds is 6. The second-order valence-corrected chi connectivity index (χ2v) is 7.64. The van der Waals surface area contributed by atoms with E-state index in [-0.39, 0.29) is 18.5 Å². The fourth-order valence-electron chi connectivity index (χ4n) is 2.74. The number of ether oxygens (including phenoxy) is 1. The smallest absolute Gasteiger partial charge is 0.319 e. The van der Waals surface area contributed by atoms with Crippen molar-refractivity contribution in [3.05, 3.63) is 41.1 Å². The first-order chi connectivity index (χ1) is 13.2. The number of amides is 1. The van der Waals surface area contributed by atoms with Crippen molar-refractivity contribution >= 4 is 23.1 Å². The summed E-state index contributed by atoms with van der Waals surface area (Å²) in [7, 11) is 3.74. The van der Waals surface area contributed by atoms with Gasteiger partial charge in [0.1, 0.15) is 23.8 Å². The number of benzene rings is 1. The molecule has 5 N–H and O–H groups in total. The van der Waals surface area contributed by atoms with Gasteiger partial charge >= 0.3 is 6.01 Å². The molecule has 0 bridgehead atoms. The Morgan fingerprint density at radius 1 is 1.32 bits per heavy atom. The average Bonchev–Trinajstić information content (AvgIpc) is 2.99. The molecule has 0 unspecified atom stereocenters. The van der Waals surface area contributed by atoms with Crippen molar-refractivity contribution in [1.82, 2.24) is 9.97 Å². The first-order valence-corrected chi connectivity index (χ1v) is 8.86. The summed E-state index contributed by atoms with van der Waals surface area (Å²) >= 11 is 0. The predicted molar refractivity (Wildman–Crippen MR) is 109 cm³/mol. The molecule has 1 aliphatic heterocycles. The Kier molecular flexibility index (Phi) is 5.19. The van der Waals surface area contributed by atoms with Crippen LogP contribution in [0.4, 0.5) is 11.5 Å². The van der Waals surface area contributed by atoms with Crippen LogP contribution < -0.4 is 26.5 Å². The van der Waals surface area contributed by atoms with E-state index < -0.39 is 5.54 Å². The third kappa shape index (κ3) is 4.37. The second-order valence-electron chi connectivity index (χ2n) is 7.64. The van der Waals surface area contributed by atoms with Gasteiger partial charge in [-0.2, -0.15) is 15.1 Å². The van der Waals surface area contributed by atoms with Crippen molar-refractivity contribution < 1.29 is 9.53 Å². The number of nitrogens with zero attached hydrogens (tertiary/aromatic N) is 4. The van der Waals surface area contributed by atoms with Gasteiger partial charge in [-0.1, -0.05) is 6.07 Å². The number of hydrogen-bond donors (Lipinski definition) is 3. The lowest BCUT2D eigenvalue weighted by Crippen LogP contribution is -2.39. The molecule has 1 aromatic carbocycles. The molecule has 2 aromatic rings. The third-order valence-corrected chi connectivity index (χ3v) is 4.10. The lowest BCUT2D eigenvalue weighted by atomic mass is 10.0. The number of carbonyl (C=O) groups excluding carboxylic acids is 1. The monoisotopic (exact) mass is 383 g/mol. The van der Waals surface area contributed by atoms with E-state index in [1.165, 1.54) is 0 Å². The van der Waals surface area contributed by atoms with Gasteiger partial charge in [0.25, 0.3) is 0 Å². The number of nitrogens with two attached hydrogens (primary N) is 2. The first-order valence-electron chi connectivity index (χ1n) is 8.86. The second kappa shape index (κ2) is 7.43. The van der Waals surface area contributed by atoms with E-state index in [0.29, 0.717) is 23.6 Å². The number of carbonyl (C=O) groups is 1. The molecule has 0 radical (unpaired) electrons. The van der Waals surface area contributed by atoms with Gasteiger partial charge in [-0.05, 0) is 31.5 Å². The van der Waals surface area contributed by atoms with Gasteiger partial charge in [0.05, 0.1) is 6.42 Å². The number of anilines is 2. The van der Waals surface area contributed by atoms with Crippen molar-refractivity contribution in [2.75, 3.05) is 30.9 Å². The van der Waals surface area contributed by atoms with Gasteiger partial charge in [0.15, 0.2) is 0 Å². The quantitative estimate of drug-likeness (QED) is 0.383. The van der Waals surface area contributed by atoms with Crippen molar-refractivity contribution in [2.24, 2.45) is 16.7 Å². The standard InChI is InChI=1S/C19H25N7O2/c1-19(2,20)10-28-18-23-14(9-15(24-18)26(3)4)17(25-21)11-5-6-13-12(7-11)8-16(27)22-13/h5-7,9H,8,10,20-21H2,1-4H3,(H,22,27). The van der Waals surface area contributed by atoms with E-state index in [1.54, 1.807) is 6.07 Å². The highest BCUT2D eigenvalue weighted by Gasteiger charge is 2.21. The molecule has 1 aliphatic rings. The molecule has 0 spiro atoms. The molecule has 1 aromatic heterocycles. The predicted octanol–water partition coefficient (Wildman–Crippen LogP) is 0.864. The van der Waals surface area contributed by atoms with Crippen LogP contribution in [0.2, 0.25) is 0 Å². The highest BCUT2D eigenvalue weighted by atomic mass is 16.5. The van der Waals surface area contributed by atoms with E-state index in [9.17, 15) is 4.79 Å². The lowest BCUT2D eigenvalue weighted by molar-refractivity contribution is -0.115. The molecule has 9 nitrogen and oxygen atoms in total. The molecule has 9 heteroatoms. The number of nitrogens with one attached hydrogen (secondary N) is 1. The SMILES string of the molecule is CN(C)c1cc(C(=NN)c2ccc3c(c2)CC(=O)N3)nc(OCC(C)(C)N)n1. The van der Waals surface area contributed by atoms with Crippen LogP contribution in [0.15, 0.2) is 29.4 Å². The van der Waals surface area contributed by atoms with E-state index >= 15 is 0 Å². The van der Waals surface area contributed by atoms with Gasteiger partial charge in [-0.3, -0.25) is 4.79 Å². The fraction of sp³-hybridized carbons (Fsp3) is 0.368. The minimum Gasteiger partial charge on any atom is -0.461 e. The molecule has 148 valence electrons. The van der Waals surface area contributed by atoms with Crippen LogP contribution in [-0.2, 0) is 11.2 Å². The van der Waals surface area contributed by atoms with Gasteiger partial charge in [-0.15, -0.1) is 0 Å². The summed E-state index contributed by atoms with van der Waals surface area (Å²) in [6, 6.07) is 7.54. The Hall–Kier alpha value is -3.20. The largest absolute Gasteiger partial charge is 0.461 e. The summed E-state index contributed by atoms with van der Waals surface area (Å²) in [4.78, 5) is 22.3. The van der Waals surface area contributed by atoms with Crippen molar-refractivity contribution in [3.63, 3.8) is 0 Å². The van der Waals surface area contributed by atoms with Gasteiger partial charge in [0, 0.05) is 37.0 Å². The molecule has 0 atom stereocenters. The van der Waals surface area contributed by atoms with Crippen LogP contribution in [0.3, 0.4) is 0 Å². The van der Waals surface area contributed by atoms with E-state index in [2.05, 4.69) is 20.4 Å². The third-order valence-electron chi connectivity index (χ3n) is 4.10. The van der Waals surface area contributed by atoms with Crippen molar-refractivity contribution in [3.8, 4) is 6.01 Å². The number of hydrogen-bond acceptors (Lipinski definition) is 8. The summed E-state index contributed by atoms with van der Waals surface area (Å²) < 4.78 is 5.70. The molecule has 0 saturated carbocycles. The summed E-state index contributed by atoms with van der Waals surface area (Å²) in [6.45, 7) is 3.97. The Bertz CT molecular complexity index is 932. The van der Waals surface area contributed by atoms with Crippen molar-refractivity contribution in [2.45, 2.75) is 25.8 Å². The maximum Gasteiger partial charge on any atom is 0.319 e. The van der Waals surface area contributed by atoms with Crippen LogP contribution in [0.1, 0.15) is 30.7 Å². The Morgan fingerprint density at radius 3 is 2.71 bits per heavy atom. The molecule has 0 fully saturated rings. The molecule has 28 heavy (non-hydrogen) atoms. The zero-order chi connectivity index (χ0) is 20.5. The normalized spacial score (nSPS) is 13.9. The summed E-state index contributed by atoms with van der Waals surface area (Å²) in [6.07, 6.45) is 0.327. The average molecular weight is 383 g/mol. The number of aromatic nitrogens is 2. The maximum absolute atomic E-state index is 11.6. The molecule has 0 aliphatic carbocycles. The Labute approximate surface area is 163 Å². The van der Waals surface area contributed by atoms with E-state index in [4.69, 9.17) is 16.3 Å². The minimum absolute atomic E-state index is 0.0320. The zero-order valence-electron chi connectivity index (χ0n) is 16.5. The summed E-state index contributed by atoms with van der Waals surface area (Å²) in [5, 5.41) is 6.76. The summed E-state index contributed by atoms with van der Waals surface area (Å²) in [5.74, 6) is 6.31. The van der Waals surface area contributed by atoms with Crippen LogP contribution >= 0.6 is 0 Å². The van der Waals surface area contributed by atoms with E-state index in [0.717, 1.165) is 16.8 Å². The fourth-order valence-corrected chi connectivity index (χ4v) is 2.74. The Balaban J connectivity index is 1.99. The van der Waals surface area contributed by atoms with Gasteiger partial charge in [0.2, 0.25) is 5.91 Å². The Morgan fingerprint density at radius 2 is 2.07 bits per heavy atom. The van der Waals surface area contributed by atoms with Crippen molar-refractivity contribution in [1.29, 1.82) is 0 Å². The summed E-state index contributed by atoms with van der Waals surface area (Å²) in [5.41, 5.74) is 8.91. The van der Waals surface area contributed by atoms with Gasteiger partial charge < -0.3 is 26.5 Å². The van der Waals surface area contributed by atoms with E-state index in [1.807, 2.05) is 51.0 Å². The molecular weight excluding hydrogens is 358 g/mol. The maximum atomic E-state index is 11.6. The highest BCUT2D eigenvalue weighted by Crippen LogP contribution is 2.26. The minimum atomic E-state index is -0.526. The van der Waals surface area contributed by atoms with Crippen LogP contribution in [0.5, 0.6) is 6.01 Å². The first kappa shape index (κ1) is 19.6. The van der Waals surface area contributed by atoms with Crippen LogP contribution in [-0.4, -0.2) is 47.8 Å². The molecule has 0 saturated heterocycles. The van der Waals surface area contributed by atoms with Crippen LogP contribution in [0.25, 0.3) is 0 Å². The topological polar surface area (TPSA) is 132 Å². The lowest BCUT2D eigenvalue weighted by Gasteiger charge is -2.19. The molecule has 1 amide bonds. The zero-order valence-corrected chi connectivity index (χ0v) is 16.5. The molecule has 2 heterocycles. The number of fused-ring (bicyclic) bond motifs is 1. The van der Waals surface area contributed by atoms with Crippen LogP contribution in [0, 0.1) is 0 Å². The molecular formula is C19H25N7O2. The number of hydrazone groups is 1.